The van der Waals surface area contributed by atoms with Gasteiger partial charge in [-0.15, -0.1) is 0 Å². The topological polar surface area (TPSA) is 55.4 Å². The number of carbonyl (C=O) groups is 2. The lowest BCUT2D eigenvalue weighted by atomic mass is 9.86. The van der Waals surface area contributed by atoms with Crippen molar-refractivity contribution in [1.82, 2.24) is 5.32 Å². The molecule has 0 fully saturated rings. The lowest BCUT2D eigenvalue weighted by Crippen LogP contribution is -2.48. The maximum atomic E-state index is 11.9. The van der Waals surface area contributed by atoms with Gasteiger partial charge in [0.05, 0.1) is 6.61 Å². The largest absolute Gasteiger partial charge is 0.382 e. The number of hydrogen-bond acceptors (Lipinski definition) is 3. The van der Waals surface area contributed by atoms with Crippen LogP contribution in [-0.4, -0.2) is 31.4 Å². The first kappa shape index (κ1) is 14.1. The van der Waals surface area contributed by atoms with E-state index < -0.39 is 11.5 Å². The lowest BCUT2D eigenvalue weighted by Gasteiger charge is -2.24. The third-order valence-electron chi connectivity index (χ3n) is 2.05. The molecule has 0 unspecified atom stereocenters. The van der Waals surface area contributed by atoms with Gasteiger partial charge < -0.3 is 10.1 Å². The second-order valence-electron chi connectivity index (χ2n) is 4.54. The number of nitrogens with one attached hydrogen (secondary N) is 1. The molecule has 0 aliphatic carbocycles. The molecular weight excluding hydrogens is 194 g/mol. The van der Waals surface area contributed by atoms with Crippen molar-refractivity contribution in [3.05, 3.63) is 0 Å². The fraction of sp³-hybridized carbons (Fsp3) is 0.818. The van der Waals surface area contributed by atoms with E-state index in [1.54, 1.807) is 6.92 Å². The summed E-state index contributed by atoms with van der Waals surface area (Å²) in [4.78, 5) is 23.1. The van der Waals surface area contributed by atoms with Gasteiger partial charge in [-0.3, -0.25) is 9.59 Å². The summed E-state index contributed by atoms with van der Waals surface area (Å²) in [5.74, 6) is -0.138. The van der Waals surface area contributed by atoms with Crippen molar-refractivity contribution in [2.24, 2.45) is 5.41 Å². The fourth-order valence-corrected chi connectivity index (χ4v) is 1.17. The number of ketones is 1. The van der Waals surface area contributed by atoms with Crippen LogP contribution in [-0.2, 0) is 14.3 Å². The summed E-state index contributed by atoms with van der Waals surface area (Å²) in [6, 6.07) is -0.539. The molecule has 0 rings (SSSR count). The van der Waals surface area contributed by atoms with E-state index >= 15 is 0 Å². The molecule has 88 valence electrons. The number of ether oxygens (including phenoxy) is 1. The van der Waals surface area contributed by atoms with E-state index in [1.165, 1.54) is 7.11 Å². The van der Waals surface area contributed by atoms with Gasteiger partial charge in [-0.05, 0) is 0 Å². The third-order valence-corrected chi connectivity index (χ3v) is 2.05. The van der Waals surface area contributed by atoms with Gasteiger partial charge in [0.25, 0.3) is 0 Å². The van der Waals surface area contributed by atoms with Crippen LogP contribution >= 0.6 is 0 Å². The number of Topliss-reactive ketones (excluding diaryl/α,β-unsaturated/α-hetero) is 1. The Kier molecular flexibility index (Phi) is 5.50. The standard InChI is InChI=1S/C11H21NO3/c1-6-9(13)12-8(7-15-5)10(14)11(2,3)4/h8H,6-7H2,1-5H3,(H,12,13)/t8-/m0/s1. The van der Waals surface area contributed by atoms with Crippen LogP contribution in [0.3, 0.4) is 0 Å². The second kappa shape index (κ2) is 5.85. The van der Waals surface area contributed by atoms with E-state index in [1.807, 2.05) is 20.8 Å². The van der Waals surface area contributed by atoms with Crippen molar-refractivity contribution in [1.29, 1.82) is 0 Å². The predicted octanol–water partition coefficient (Wildman–Crippen LogP) is 1.14. The van der Waals surface area contributed by atoms with Gasteiger partial charge in [-0.1, -0.05) is 27.7 Å². The van der Waals surface area contributed by atoms with Crippen LogP contribution in [0.4, 0.5) is 0 Å². The fourth-order valence-electron chi connectivity index (χ4n) is 1.17. The molecule has 0 saturated heterocycles. The number of rotatable bonds is 5. The quantitative estimate of drug-likeness (QED) is 0.748. The first-order chi connectivity index (χ1) is 6.82. The van der Waals surface area contributed by atoms with Crippen molar-refractivity contribution >= 4 is 11.7 Å². The normalized spacial score (nSPS) is 13.4. The maximum Gasteiger partial charge on any atom is 0.220 e. The van der Waals surface area contributed by atoms with Crippen molar-refractivity contribution < 1.29 is 14.3 Å². The molecule has 4 heteroatoms. The zero-order valence-corrected chi connectivity index (χ0v) is 10.2. The molecule has 1 amide bonds. The van der Waals surface area contributed by atoms with Gasteiger partial charge >= 0.3 is 0 Å². The van der Waals surface area contributed by atoms with E-state index in [2.05, 4.69) is 5.32 Å². The van der Waals surface area contributed by atoms with Gasteiger partial charge in [-0.25, -0.2) is 0 Å². The average molecular weight is 215 g/mol. The summed E-state index contributed by atoms with van der Waals surface area (Å²) in [7, 11) is 1.51. The molecule has 4 nitrogen and oxygen atoms in total. The van der Waals surface area contributed by atoms with E-state index in [-0.39, 0.29) is 18.3 Å². The zero-order valence-electron chi connectivity index (χ0n) is 10.2. The van der Waals surface area contributed by atoms with Gasteiger partial charge in [-0.2, -0.15) is 0 Å². The summed E-state index contributed by atoms with van der Waals surface area (Å²) in [6.07, 6.45) is 0.373. The van der Waals surface area contributed by atoms with E-state index in [9.17, 15) is 9.59 Å². The van der Waals surface area contributed by atoms with Crippen LogP contribution < -0.4 is 5.32 Å². The van der Waals surface area contributed by atoms with Crippen molar-refractivity contribution in [2.75, 3.05) is 13.7 Å². The van der Waals surface area contributed by atoms with Crippen LogP contribution in [0.15, 0.2) is 0 Å². The minimum atomic E-state index is -0.539. The first-order valence-electron chi connectivity index (χ1n) is 5.15. The Bertz CT molecular complexity index is 230. The molecule has 1 atom stereocenters. The van der Waals surface area contributed by atoms with Gasteiger partial charge in [0, 0.05) is 18.9 Å². The Morgan fingerprint density at radius 1 is 1.33 bits per heavy atom. The smallest absolute Gasteiger partial charge is 0.220 e. The molecule has 0 bridgehead atoms. The maximum absolute atomic E-state index is 11.9. The molecular formula is C11H21NO3. The zero-order chi connectivity index (χ0) is 12.1. The van der Waals surface area contributed by atoms with Gasteiger partial charge in [0.1, 0.15) is 6.04 Å². The van der Waals surface area contributed by atoms with Crippen LogP contribution in [0.25, 0.3) is 0 Å². The Morgan fingerprint density at radius 3 is 2.20 bits per heavy atom. The molecule has 0 spiro atoms. The highest BCUT2D eigenvalue weighted by Crippen LogP contribution is 2.17. The molecule has 1 N–H and O–H groups in total. The highest BCUT2D eigenvalue weighted by atomic mass is 16.5. The van der Waals surface area contributed by atoms with Crippen LogP contribution in [0.5, 0.6) is 0 Å². The molecule has 0 radical (unpaired) electrons. The van der Waals surface area contributed by atoms with E-state index in [0.29, 0.717) is 6.42 Å². The van der Waals surface area contributed by atoms with Crippen LogP contribution in [0.2, 0.25) is 0 Å². The summed E-state index contributed by atoms with van der Waals surface area (Å²) >= 11 is 0. The van der Waals surface area contributed by atoms with Crippen molar-refractivity contribution in [3.63, 3.8) is 0 Å². The van der Waals surface area contributed by atoms with E-state index in [0.717, 1.165) is 0 Å². The number of carbonyl (C=O) groups excluding carboxylic acids is 2. The third kappa shape index (κ3) is 4.93. The monoisotopic (exact) mass is 215 g/mol. The van der Waals surface area contributed by atoms with Crippen LogP contribution in [0.1, 0.15) is 34.1 Å². The van der Waals surface area contributed by atoms with Crippen molar-refractivity contribution in [3.8, 4) is 0 Å². The predicted molar refractivity (Wildman–Crippen MR) is 58.6 cm³/mol. The summed E-state index contributed by atoms with van der Waals surface area (Å²) < 4.78 is 4.93. The molecule has 0 aliphatic heterocycles. The molecule has 0 saturated carbocycles. The minimum Gasteiger partial charge on any atom is -0.382 e. The summed E-state index contributed by atoms with van der Waals surface area (Å²) in [6.45, 7) is 7.46. The number of methoxy groups -OCH3 is 1. The van der Waals surface area contributed by atoms with Gasteiger partial charge in [0.15, 0.2) is 5.78 Å². The van der Waals surface area contributed by atoms with E-state index in [4.69, 9.17) is 4.74 Å². The minimum absolute atomic E-state index is 0.00819. The highest BCUT2D eigenvalue weighted by Gasteiger charge is 2.30. The molecule has 0 heterocycles. The van der Waals surface area contributed by atoms with Crippen molar-refractivity contribution in [2.45, 2.75) is 40.2 Å². The first-order valence-corrected chi connectivity index (χ1v) is 5.15. The number of hydrogen-bond donors (Lipinski definition) is 1. The molecule has 0 aromatic carbocycles. The highest BCUT2D eigenvalue weighted by molar-refractivity contribution is 5.92. The average Bonchev–Trinajstić information content (AvgIpc) is 2.14. The molecule has 15 heavy (non-hydrogen) atoms. The Hall–Kier alpha value is -0.900. The molecule has 0 aromatic heterocycles. The Morgan fingerprint density at radius 2 is 1.87 bits per heavy atom. The summed E-state index contributed by atoms with van der Waals surface area (Å²) in [5.41, 5.74) is -0.468. The second-order valence-corrected chi connectivity index (χ2v) is 4.54. The lowest BCUT2D eigenvalue weighted by molar-refractivity contribution is -0.133. The van der Waals surface area contributed by atoms with Gasteiger partial charge in [0.2, 0.25) is 5.91 Å². The molecule has 0 aromatic rings. The Labute approximate surface area is 91.4 Å². The summed E-state index contributed by atoms with van der Waals surface area (Å²) in [5, 5.41) is 2.66. The van der Waals surface area contributed by atoms with Crippen LogP contribution in [0, 0.1) is 5.41 Å². The number of amides is 1. The molecule has 0 aliphatic rings. The Balaban J connectivity index is 4.52. The SMILES string of the molecule is CCC(=O)N[C@@H](COC)C(=O)C(C)(C)C.